The first-order valence-electron chi connectivity index (χ1n) is 15.3. The van der Waals surface area contributed by atoms with Crippen LogP contribution in [-0.4, -0.2) is 52.0 Å². The first-order chi connectivity index (χ1) is 22.9. The number of carboxylic acid groups (broad SMARTS) is 1. The second-order valence-electron chi connectivity index (χ2n) is 11.6. The number of imidazole rings is 1. The van der Waals surface area contributed by atoms with Gasteiger partial charge in [-0.3, -0.25) is 0 Å². The smallest absolute Gasteiger partial charge is 0.335 e. The molecule has 1 fully saturated rings. The zero-order chi connectivity index (χ0) is 32.5. The van der Waals surface area contributed by atoms with Crippen LogP contribution in [0.3, 0.4) is 0 Å². The number of aromatic carboxylic acids is 1. The monoisotopic (exact) mass is 634 g/mol. The Labute approximate surface area is 269 Å². The molecule has 7 rings (SSSR count). The molecule has 1 N–H and O–H groups in total. The number of pyridine rings is 1. The third kappa shape index (κ3) is 6.13. The van der Waals surface area contributed by atoms with Gasteiger partial charge < -0.3 is 28.6 Å². The molecule has 238 valence electrons. The van der Waals surface area contributed by atoms with Crippen LogP contribution in [0.5, 0.6) is 11.6 Å². The van der Waals surface area contributed by atoms with Gasteiger partial charge in [-0.15, -0.1) is 0 Å². The average Bonchev–Trinajstić information content (AvgIpc) is 3.40. The molecule has 1 unspecified atom stereocenters. The number of ether oxygens (including phenoxy) is 4. The van der Waals surface area contributed by atoms with Gasteiger partial charge in [0.2, 0.25) is 5.88 Å². The fourth-order valence-corrected chi connectivity index (χ4v) is 6.04. The molecule has 0 aliphatic carbocycles. The molecule has 0 radical (unpaired) electrons. The van der Waals surface area contributed by atoms with Crippen molar-refractivity contribution in [2.75, 3.05) is 20.3 Å². The maximum absolute atomic E-state index is 16.0. The van der Waals surface area contributed by atoms with Crippen molar-refractivity contribution in [3.8, 4) is 29.0 Å². The van der Waals surface area contributed by atoms with Gasteiger partial charge in [-0.1, -0.05) is 12.1 Å². The lowest BCUT2D eigenvalue weighted by molar-refractivity contribution is -0.0589. The minimum absolute atomic E-state index is 0.0406. The van der Waals surface area contributed by atoms with Crippen molar-refractivity contribution >= 4 is 17.0 Å². The minimum atomic E-state index is -1.08. The molecule has 1 saturated heterocycles. The Morgan fingerprint density at radius 2 is 1.96 bits per heavy atom. The fourth-order valence-electron chi connectivity index (χ4n) is 6.04. The summed E-state index contributed by atoms with van der Waals surface area (Å²) in [6, 6.07) is 19.2. The van der Waals surface area contributed by atoms with Gasteiger partial charge >= 0.3 is 5.97 Å². The van der Waals surface area contributed by atoms with E-state index in [1.54, 1.807) is 42.5 Å². The summed E-state index contributed by atoms with van der Waals surface area (Å²) in [4.78, 5) is 21.5. The number of nitriles is 1. The van der Waals surface area contributed by atoms with Crippen molar-refractivity contribution < 1.29 is 33.2 Å². The van der Waals surface area contributed by atoms with Crippen molar-refractivity contribution in [2.24, 2.45) is 0 Å². The van der Waals surface area contributed by atoms with Crippen molar-refractivity contribution in [3.05, 3.63) is 106 Å². The predicted molar refractivity (Wildman–Crippen MR) is 169 cm³/mol. The van der Waals surface area contributed by atoms with Gasteiger partial charge in [-0.05, 0) is 77.6 Å². The highest BCUT2D eigenvalue weighted by Crippen LogP contribution is 2.33. The van der Waals surface area contributed by atoms with Gasteiger partial charge in [-0.25, -0.2) is 19.2 Å². The van der Waals surface area contributed by atoms with E-state index in [0.717, 1.165) is 23.1 Å². The summed E-state index contributed by atoms with van der Waals surface area (Å²) in [5.41, 5.74) is 5.81. The van der Waals surface area contributed by atoms with Crippen LogP contribution in [0.2, 0.25) is 0 Å². The first kappa shape index (κ1) is 30.3. The van der Waals surface area contributed by atoms with Crippen molar-refractivity contribution in [1.82, 2.24) is 14.5 Å². The molecule has 2 aliphatic rings. The number of hydrogen-bond acceptors (Lipinski definition) is 8. The number of aromatic nitrogens is 3. The summed E-state index contributed by atoms with van der Waals surface area (Å²) in [7, 11) is 1.48. The van der Waals surface area contributed by atoms with Crippen LogP contribution >= 0.6 is 0 Å². The van der Waals surface area contributed by atoms with E-state index in [1.807, 2.05) is 10.6 Å². The van der Waals surface area contributed by atoms with E-state index in [-0.39, 0.29) is 31.3 Å². The highest BCUT2D eigenvalue weighted by molar-refractivity contribution is 5.95. The van der Waals surface area contributed by atoms with Gasteiger partial charge in [0.25, 0.3) is 0 Å². The molecular formula is C36H31FN4O6. The lowest BCUT2D eigenvalue weighted by Crippen LogP contribution is -2.31. The molecule has 4 heterocycles. The summed E-state index contributed by atoms with van der Waals surface area (Å²) in [6.45, 7) is 1.96. The summed E-state index contributed by atoms with van der Waals surface area (Å²) in [5.74, 6) is -0.187. The molecule has 11 heteroatoms. The molecule has 10 nitrogen and oxygen atoms in total. The number of methoxy groups -OCH3 is 1. The maximum atomic E-state index is 16.0. The molecule has 3 aromatic carbocycles. The predicted octanol–water partition coefficient (Wildman–Crippen LogP) is 5.85. The van der Waals surface area contributed by atoms with Crippen molar-refractivity contribution in [1.29, 1.82) is 5.26 Å². The van der Waals surface area contributed by atoms with E-state index in [0.29, 0.717) is 77.1 Å². The summed E-state index contributed by atoms with van der Waals surface area (Å²) >= 11 is 0. The van der Waals surface area contributed by atoms with Crippen LogP contribution in [0.4, 0.5) is 4.39 Å². The van der Waals surface area contributed by atoms with E-state index >= 15 is 4.39 Å². The number of nitrogens with zero attached hydrogens (tertiary/aromatic N) is 4. The van der Waals surface area contributed by atoms with Gasteiger partial charge in [-0.2, -0.15) is 5.26 Å². The van der Waals surface area contributed by atoms with E-state index in [4.69, 9.17) is 23.9 Å². The van der Waals surface area contributed by atoms with Crippen molar-refractivity contribution in [3.63, 3.8) is 0 Å². The Morgan fingerprint density at radius 1 is 1.09 bits per heavy atom. The summed E-state index contributed by atoms with van der Waals surface area (Å²) in [6.07, 6.45) is 1.58. The highest BCUT2D eigenvalue weighted by Gasteiger charge is 2.25. The van der Waals surface area contributed by atoms with Gasteiger partial charge in [0.05, 0.1) is 61.4 Å². The maximum Gasteiger partial charge on any atom is 0.335 e. The van der Waals surface area contributed by atoms with Gasteiger partial charge in [0.15, 0.2) is 0 Å². The standard InChI is InChI=1S/C36H31FN4O6/c1-44-32-15-25(36(42)43)14-31-35(32)40-33(41(31)18-27-8-10-46-27)16-24-13-29(37)28-12-22(24)7-9-45-19-26-11-21(17-38)5-6-23(26)20-47-34-4-2-3-30(28)39-34/h2-6,11-15,27H,7-10,16,18-20H2,1H3,(H,42,43). The number of carboxylic acids is 1. The molecule has 47 heavy (non-hydrogen) atoms. The second kappa shape index (κ2) is 12.8. The Kier molecular flexibility index (Phi) is 8.28. The Balaban J connectivity index is 1.30. The second-order valence-corrected chi connectivity index (χ2v) is 11.6. The van der Waals surface area contributed by atoms with Crippen LogP contribution in [0.15, 0.2) is 60.7 Å². The average molecular weight is 635 g/mol. The third-order valence-electron chi connectivity index (χ3n) is 8.67. The van der Waals surface area contributed by atoms with Gasteiger partial charge in [0, 0.05) is 24.7 Å². The third-order valence-corrected chi connectivity index (χ3v) is 8.67. The van der Waals surface area contributed by atoms with E-state index in [2.05, 4.69) is 11.1 Å². The quantitative estimate of drug-likeness (QED) is 0.245. The molecule has 1 atom stereocenters. The van der Waals surface area contributed by atoms with Gasteiger partial charge in [0.1, 0.15) is 29.5 Å². The number of benzene rings is 3. The zero-order valence-corrected chi connectivity index (χ0v) is 25.7. The molecule has 4 bridgehead atoms. The number of halogens is 1. The Morgan fingerprint density at radius 3 is 2.72 bits per heavy atom. The number of carbonyl (C=O) groups is 1. The largest absolute Gasteiger partial charge is 0.494 e. The number of hydrogen-bond donors (Lipinski definition) is 1. The number of fused-ring (bicyclic) bond motifs is 7. The lowest BCUT2D eigenvalue weighted by Gasteiger charge is -2.27. The molecule has 2 aliphatic heterocycles. The molecule has 0 amide bonds. The zero-order valence-electron chi connectivity index (χ0n) is 25.7. The van der Waals surface area contributed by atoms with Crippen LogP contribution in [0.1, 0.15) is 50.4 Å². The van der Waals surface area contributed by atoms with Crippen molar-refractivity contribution in [2.45, 2.75) is 45.1 Å². The Bertz CT molecular complexity index is 2050. The molecular weight excluding hydrogens is 603 g/mol. The SMILES string of the molecule is COc1cc(C(=O)O)cc2c1nc(Cc1cc(F)c3cc1CCOCc1cc(C#N)ccc1COc1cccc-3n1)n2CC1CCO1. The van der Waals surface area contributed by atoms with E-state index in [1.165, 1.54) is 19.2 Å². The highest BCUT2D eigenvalue weighted by atomic mass is 19.1. The van der Waals surface area contributed by atoms with Crippen LogP contribution in [0, 0.1) is 17.1 Å². The van der Waals surface area contributed by atoms with E-state index in [9.17, 15) is 15.2 Å². The Hall–Kier alpha value is -5.31. The molecule has 0 spiro atoms. The van der Waals surface area contributed by atoms with Crippen LogP contribution in [-0.2, 0) is 42.1 Å². The minimum Gasteiger partial charge on any atom is -0.494 e. The number of rotatable bonds is 6. The van der Waals surface area contributed by atoms with Crippen LogP contribution < -0.4 is 9.47 Å². The lowest BCUT2D eigenvalue weighted by atomic mass is 9.96. The first-order valence-corrected chi connectivity index (χ1v) is 15.3. The van der Waals surface area contributed by atoms with Crippen LogP contribution in [0.25, 0.3) is 22.3 Å². The summed E-state index contributed by atoms with van der Waals surface area (Å²) in [5, 5.41) is 19.2. The fraction of sp³-hybridized carbons (Fsp3) is 0.278. The normalized spacial score (nSPS) is 15.9. The molecule has 2 aromatic heterocycles. The van der Waals surface area contributed by atoms with E-state index < -0.39 is 11.8 Å². The summed E-state index contributed by atoms with van der Waals surface area (Å²) < 4.78 is 41.3. The topological polar surface area (TPSA) is 129 Å². The molecule has 0 saturated carbocycles. The molecule has 5 aromatic rings.